The molecule has 0 amide bonds. The smallest absolute Gasteiger partial charge is 0.336 e. The van der Waals surface area contributed by atoms with Gasteiger partial charge in [0, 0.05) is 33.5 Å². The summed E-state index contributed by atoms with van der Waals surface area (Å²) in [6.07, 6.45) is 1.11. The fourth-order valence-corrected chi connectivity index (χ4v) is 5.64. The zero-order valence-electron chi connectivity index (χ0n) is 17.6. The predicted octanol–water partition coefficient (Wildman–Crippen LogP) is 4.81. The highest BCUT2D eigenvalue weighted by atomic mass is 32.1. The van der Waals surface area contributed by atoms with Gasteiger partial charge in [0.2, 0.25) is 0 Å². The average Bonchev–Trinajstić information content (AvgIpc) is 3.18. The summed E-state index contributed by atoms with van der Waals surface area (Å²) in [4.78, 5) is 33.0. The van der Waals surface area contributed by atoms with Gasteiger partial charge in [-0.05, 0) is 56.0 Å². The number of ether oxygens (including phenoxy) is 2. The molecular weight excluding hydrogens is 398 g/mol. The van der Waals surface area contributed by atoms with Gasteiger partial charge in [-0.2, -0.15) is 0 Å². The molecule has 1 aliphatic heterocycles. The van der Waals surface area contributed by atoms with Gasteiger partial charge in [0.1, 0.15) is 11.5 Å². The maximum absolute atomic E-state index is 13.4. The summed E-state index contributed by atoms with van der Waals surface area (Å²) in [6, 6.07) is 11.9. The van der Waals surface area contributed by atoms with E-state index < -0.39 is 11.9 Å². The Hall–Kier alpha value is -2.73. The normalized spacial score (nSPS) is 23.7. The van der Waals surface area contributed by atoms with Crippen LogP contribution in [0.2, 0.25) is 0 Å². The number of allylic oxidation sites excluding steroid dienone is 1. The van der Waals surface area contributed by atoms with E-state index in [1.54, 1.807) is 18.4 Å². The monoisotopic (exact) mass is 423 g/mol. The summed E-state index contributed by atoms with van der Waals surface area (Å²) in [6.45, 7) is 3.87. The fourth-order valence-electron chi connectivity index (χ4n) is 4.61. The van der Waals surface area contributed by atoms with E-state index in [9.17, 15) is 9.59 Å². The number of thiophene rings is 1. The highest BCUT2D eigenvalue weighted by Crippen LogP contribution is 2.47. The number of carbonyl (C=O) groups excluding carboxylic acids is 2. The minimum Gasteiger partial charge on any atom is -0.497 e. The van der Waals surface area contributed by atoms with Gasteiger partial charge in [0.25, 0.3) is 0 Å². The van der Waals surface area contributed by atoms with Crippen molar-refractivity contribution in [2.24, 2.45) is 10.9 Å². The van der Waals surface area contributed by atoms with Crippen LogP contribution in [0.25, 0.3) is 0 Å². The van der Waals surface area contributed by atoms with Crippen LogP contribution >= 0.6 is 11.3 Å². The summed E-state index contributed by atoms with van der Waals surface area (Å²) < 4.78 is 10.4. The van der Waals surface area contributed by atoms with Crippen molar-refractivity contribution in [2.45, 2.75) is 38.5 Å². The number of hydrogen-bond donors (Lipinski definition) is 0. The lowest BCUT2D eigenvalue weighted by atomic mass is 9.67. The topological polar surface area (TPSA) is 65.0 Å². The van der Waals surface area contributed by atoms with E-state index in [1.165, 1.54) is 7.11 Å². The number of esters is 1. The molecule has 0 saturated heterocycles. The second-order valence-electron chi connectivity index (χ2n) is 7.85. The molecule has 0 spiro atoms. The number of rotatable bonds is 4. The Morgan fingerprint density at radius 2 is 1.90 bits per heavy atom. The zero-order chi connectivity index (χ0) is 21.4. The van der Waals surface area contributed by atoms with Crippen LogP contribution in [0.15, 0.2) is 52.7 Å². The molecular formula is C24H25NO4S. The Labute approximate surface area is 180 Å². The lowest BCUT2D eigenvalue weighted by Gasteiger charge is -2.37. The molecule has 30 heavy (non-hydrogen) atoms. The van der Waals surface area contributed by atoms with Crippen LogP contribution in [0, 0.1) is 12.8 Å². The van der Waals surface area contributed by atoms with Crippen molar-refractivity contribution in [3.8, 4) is 5.75 Å². The summed E-state index contributed by atoms with van der Waals surface area (Å²) >= 11 is 1.62. The van der Waals surface area contributed by atoms with Crippen molar-refractivity contribution >= 4 is 28.8 Å². The number of ketones is 1. The van der Waals surface area contributed by atoms with Crippen LogP contribution in [-0.4, -0.2) is 31.7 Å². The van der Waals surface area contributed by atoms with E-state index in [1.807, 2.05) is 50.2 Å². The summed E-state index contributed by atoms with van der Waals surface area (Å²) in [5.74, 6) is -0.193. The molecule has 2 aromatic rings. The molecule has 2 heterocycles. The molecule has 2 aliphatic rings. The Morgan fingerprint density at radius 3 is 2.57 bits per heavy atom. The van der Waals surface area contributed by atoms with Crippen LogP contribution in [0.5, 0.6) is 5.75 Å². The first-order valence-electron chi connectivity index (χ1n) is 10.0. The van der Waals surface area contributed by atoms with Gasteiger partial charge in [-0.1, -0.05) is 12.1 Å². The number of fused-ring (bicyclic) bond motifs is 1. The number of carbonyl (C=O) groups is 2. The maximum Gasteiger partial charge on any atom is 0.336 e. The molecule has 1 saturated carbocycles. The second-order valence-corrected chi connectivity index (χ2v) is 9.17. The number of benzene rings is 1. The molecule has 3 atom stereocenters. The number of nitrogens with zero attached hydrogens (tertiary/aromatic N) is 1. The lowest BCUT2D eigenvalue weighted by molar-refractivity contribution is -0.136. The molecule has 6 heteroatoms. The minimum atomic E-state index is -0.414. The van der Waals surface area contributed by atoms with Crippen LogP contribution in [0.3, 0.4) is 0 Å². The van der Waals surface area contributed by atoms with Crippen LogP contribution < -0.4 is 4.74 Å². The molecule has 156 valence electrons. The third kappa shape index (κ3) is 3.60. The molecule has 4 rings (SSSR count). The Morgan fingerprint density at radius 1 is 1.10 bits per heavy atom. The Kier molecular flexibility index (Phi) is 5.60. The third-order valence-electron chi connectivity index (χ3n) is 5.99. The van der Waals surface area contributed by atoms with Gasteiger partial charge in [-0.25, -0.2) is 4.79 Å². The van der Waals surface area contributed by atoms with Crippen LogP contribution in [-0.2, 0) is 14.3 Å². The van der Waals surface area contributed by atoms with Gasteiger partial charge < -0.3 is 9.47 Å². The standard InChI is InChI=1S/C24H25NO4S/c1-13-8-9-20(30-13)23-21(24(27)29-4)14(2)25-18-11-16(12-19(26)22(18)23)15-6-5-7-17(10-15)28-3/h5-10,16,22-23H,11-12H2,1-4H3/t16-,22?,23-/m0/s1. The largest absolute Gasteiger partial charge is 0.497 e. The predicted molar refractivity (Wildman–Crippen MR) is 117 cm³/mol. The minimum absolute atomic E-state index is 0.0563. The summed E-state index contributed by atoms with van der Waals surface area (Å²) in [7, 11) is 3.02. The van der Waals surface area contributed by atoms with E-state index in [-0.39, 0.29) is 17.6 Å². The molecule has 0 bridgehead atoms. The molecule has 1 unspecified atom stereocenters. The third-order valence-corrected chi connectivity index (χ3v) is 7.08. The quantitative estimate of drug-likeness (QED) is 0.662. The van der Waals surface area contributed by atoms with Crippen LogP contribution in [0.4, 0.5) is 0 Å². The van der Waals surface area contributed by atoms with E-state index in [4.69, 9.17) is 14.5 Å². The van der Waals surface area contributed by atoms with Gasteiger partial charge in [0.15, 0.2) is 0 Å². The zero-order valence-corrected chi connectivity index (χ0v) is 18.4. The molecule has 1 aromatic heterocycles. The number of aliphatic imine (C=N–C) groups is 1. The Bertz CT molecular complexity index is 1060. The van der Waals surface area contributed by atoms with E-state index >= 15 is 0 Å². The van der Waals surface area contributed by atoms with Crippen molar-refractivity contribution in [3.63, 3.8) is 0 Å². The van der Waals surface area contributed by atoms with Crippen molar-refractivity contribution in [1.29, 1.82) is 0 Å². The lowest BCUT2D eigenvalue weighted by Crippen LogP contribution is -2.40. The summed E-state index contributed by atoms with van der Waals surface area (Å²) in [5.41, 5.74) is 3.08. The van der Waals surface area contributed by atoms with Crippen molar-refractivity contribution in [3.05, 3.63) is 63.0 Å². The highest BCUT2D eigenvalue weighted by molar-refractivity contribution is 7.12. The first kappa shape index (κ1) is 20.5. The molecule has 0 N–H and O–H groups in total. The maximum atomic E-state index is 13.4. The van der Waals surface area contributed by atoms with E-state index in [2.05, 4.69) is 0 Å². The van der Waals surface area contributed by atoms with Gasteiger partial charge in [0.05, 0.1) is 25.7 Å². The SMILES string of the molecule is COC(=O)C1=C(C)N=C2C[C@H](c3cccc(OC)c3)CC(=O)C2[C@H]1c1ccc(C)s1. The first-order valence-corrected chi connectivity index (χ1v) is 10.8. The van der Waals surface area contributed by atoms with E-state index in [0.717, 1.165) is 26.8 Å². The highest BCUT2D eigenvalue weighted by Gasteiger charge is 2.46. The molecule has 0 radical (unpaired) electrons. The molecule has 1 aliphatic carbocycles. The molecule has 1 fully saturated rings. The Balaban J connectivity index is 1.77. The van der Waals surface area contributed by atoms with Gasteiger partial charge >= 0.3 is 5.97 Å². The first-order chi connectivity index (χ1) is 14.4. The fraction of sp³-hybridized carbons (Fsp3) is 0.375. The van der Waals surface area contributed by atoms with Crippen molar-refractivity contribution in [1.82, 2.24) is 0 Å². The number of hydrogen-bond acceptors (Lipinski definition) is 6. The van der Waals surface area contributed by atoms with Gasteiger partial charge in [-0.15, -0.1) is 11.3 Å². The van der Waals surface area contributed by atoms with Gasteiger partial charge in [-0.3, -0.25) is 9.79 Å². The van der Waals surface area contributed by atoms with Crippen molar-refractivity contribution < 1.29 is 19.1 Å². The number of aryl methyl sites for hydroxylation is 1. The van der Waals surface area contributed by atoms with E-state index in [0.29, 0.717) is 24.1 Å². The van der Waals surface area contributed by atoms with Crippen LogP contribution in [0.1, 0.15) is 46.9 Å². The average molecular weight is 424 g/mol. The molecule has 5 nitrogen and oxygen atoms in total. The second kappa shape index (κ2) is 8.19. The van der Waals surface area contributed by atoms with Crippen molar-refractivity contribution in [2.75, 3.05) is 14.2 Å². The number of methoxy groups -OCH3 is 2. The molecule has 1 aromatic carbocycles. The summed E-state index contributed by atoms with van der Waals surface area (Å²) in [5, 5.41) is 0. The number of Topliss-reactive ketones (excluding diaryl/α,β-unsaturated/α-hetero) is 1.